The van der Waals surface area contributed by atoms with Gasteiger partial charge < -0.3 is 15.0 Å². The third-order valence-corrected chi connectivity index (χ3v) is 7.70. The van der Waals surface area contributed by atoms with E-state index in [2.05, 4.69) is 48.2 Å². The molecule has 1 atom stereocenters. The number of benzene rings is 1. The monoisotopic (exact) mass is 483 g/mol. The largest absolute Gasteiger partial charge is 0.481 e. The molecule has 7 heteroatoms. The van der Waals surface area contributed by atoms with E-state index in [9.17, 15) is 14.7 Å². The van der Waals surface area contributed by atoms with Gasteiger partial charge in [-0.1, -0.05) is 39.7 Å². The Kier molecular flexibility index (Phi) is 8.52. The van der Waals surface area contributed by atoms with Gasteiger partial charge in [0.1, 0.15) is 5.82 Å². The van der Waals surface area contributed by atoms with Gasteiger partial charge in [0.25, 0.3) is 5.91 Å². The third-order valence-electron chi connectivity index (χ3n) is 6.82. The number of hydrogen-bond donors (Lipinski definition) is 2. The molecule has 34 heavy (non-hydrogen) atoms. The Morgan fingerprint density at radius 1 is 1.18 bits per heavy atom. The summed E-state index contributed by atoms with van der Waals surface area (Å²) in [5.74, 6) is -0.155. The van der Waals surface area contributed by atoms with Crippen LogP contribution in [-0.2, 0) is 11.2 Å². The highest BCUT2D eigenvalue weighted by atomic mass is 32.1. The molecule has 3 aromatic rings. The number of hydrogen-bond acceptors (Lipinski definition) is 4. The van der Waals surface area contributed by atoms with Gasteiger partial charge in [0.05, 0.1) is 16.4 Å². The minimum absolute atomic E-state index is 0.255. The molecule has 3 rings (SSSR count). The first-order valence-electron chi connectivity index (χ1n) is 12.3. The standard InChI is InChI=1S/C27H37N3O3S/c1-6-9-12-23(27(4,5)26(32)33)29-25(31)18-13-14-22-21(16-18)28-24(17-20-11-10-15-34-20)30(22)19(7-2)8-3/h10-11,13-16,19,23H,6-9,12,17H2,1-5H3,(H,29,31)(H,32,33)/t23-/m0/s1. The fourth-order valence-electron chi connectivity index (χ4n) is 4.46. The lowest BCUT2D eigenvalue weighted by Crippen LogP contribution is -2.48. The van der Waals surface area contributed by atoms with Gasteiger partial charge in [-0.25, -0.2) is 4.98 Å². The average Bonchev–Trinajstić information content (AvgIpc) is 3.45. The van der Waals surface area contributed by atoms with Crippen molar-refractivity contribution in [2.24, 2.45) is 5.41 Å². The van der Waals surface area contributed by atoms with Crippen LogP contribution in [-0.4, -0.2) is 32.6 Å². The summed E-state index contributed by atoms with van der Waals surface area (Å²) in [7, 11) is 0. The van der Waals surface area contributed by atoms with Crippen LogP contribution in [0.1, 0.15) is 93.8 Å². The Balaban J connectivity index is 1.95. The number of carboxylic acids is 1. The van der Waals surface area contributed by atoms with Gasteiger partial charge in [0.15, 0.2) is 0 Å². The van der Waals surface area contributed by atoms with Gasteiger partial charge in [0.2, 0.25) is 0 Å². The fourth-order valence-corrected chi connectivity index (χ4v) is 5.16. The fraction of sp³-hybridized carbons (Fsp3) is 0.519. The molecule has 0 fully saturated rings. The summed E-state index contributed by atoms with van der Waals surface area (Å²) < 4.78 is 2.33. The first-order chi connectivity index (χ1) is 16.2. The smallest absolute Gasteiger partial charge is 0.311 e. The highest BCUT2D eigenvalue weighted by Gasteiger charge is 2.37. The molecule has 1 amide bonds. The zero-order valence-corrected chi connectivity index (χ0v) is 21.7. The number of carboxylic acid groups (broad SMARTS) is 1. The number of rotatable bonds is 12. The molecule has 0 aliphatic carbocycles. The van der Waals surface area contributed by atoms with E-state index in [4.69, 9.17) is 4.98 Å². The number of imidazole rings is 1. The molecule has 0 unspecified atom stereocenters. The van der Waals surface area contributed by atoms with Crippen LogP contribution < -0.4 is 5.32 Å². The van der Waals surface area contributed by atoms with Crippen LogP contribution in [0.4, 0.5) is 0 Å². The predicted molar refractivity (Wildman–Crippen MR) is 139 cm³/mol. The van der Waals surface area contributed by atoms with Crippen molar-refractivity contribution in [1.29, 1.82) is 0 Å². The van der Waals surface area contributed by atoms with Gasteiger partial charge >= 0.3 is 5.97 Å². The van der Waals surface area contributed by atoms with Crippen LogP contribution in [0.15, 0.2) is 35.7 Å². The van der Waals surface area contributed by atoms with E-state index in [0.29, 0.717) is 18.0 Å². The van der Waals surface area contributed by atoms with Crippen molar-refractivity contribution in [1.82, 2.24) is 14.9 Å². The van der Waals surface area contributed by atoms with E-state index in [0.717, 1.165) is 49.0 Å². The van der Waals surface area contributed by atoms with Crippen molar-refractivity contribution in [3.05, 3.63) is 52.0 Å². The van der Waals surface area contributed by atoms with Crippen LogP contribution in [0.25, 0.3) is 11.0 Å². The van der Waals surface area contributed by atoms with E-state index in [-0.39, 0.29) is 5.91 Å². The van der Waals surface area contributed by atoms with Crippen molar-refractivity contribution >= 4 is 34.2 Å². The van der Waals surface area contributed by atoms with E-state index in [1.165, 1.54) is 4.88 Å². The molecule has 0 bridgehead atoms. The average molecular weight is 484 g/mol. The van der Waals surface area contributed by atoms with Crippen LogP contribution >= 0.6 is 11.3 Å². The molecule has 0 aliphatic rings. The van der Waals surface area contributed by atoms with Gasteiger partial charge in [-0.15, -0.1) is 11.3 Å². The quantitative estimate of drug-likeness (QED) is 0.310. The van der Waals surface area contributed by atoms with E-state index < -0.39 is 17.4 Å². The maximum Gasteiger partial charge on any atom is 0.311 e. The van der Waals surface area contributed by atoms with E-state index in [1.807, 2.05) is 18.2 Å². The Bertz CT molecular complexity index is 1110. The number of unbranched alkanes of at least 4 members (excludes halogenated alkanes) is 1. The minimum Gasteiger partial charge on any atom is -0.481 e. The lowest BCUT2D eigenvalue weighted by atomic mass is 9.81. The number of nitrogens with zero attached hydrogens (tertiary/aromatic N) is 2. The molecule has 0 saturated heterocycles. The molecular weight excluding hydrogens is 446 g/mol. The van der Waals surface area contributed by atoms with Gasteiger partial charge in [0, 0.05) is 28.9 Å². The number of fused-ring (bicyclic) bond motifs is 1. The molecule has 184 valence electrons. The molecule has 2 aromatic heterocycles. The number of carbonyl (C=O) groups excluding carboxylic acids is 1. The van der Waals surface area contributed by atoms with Gasteiger partial charge in [-0.3, -0.25) is 9.59 Å². The summed E-state index contributed by atoms with van der Waals surface area (Å²) in [6.45, 7) is 9.79. The summed E-state index contributed by atoms with van der Waals surface area (Å²) in [6.07, 6.45) is 5.19. The molecule has 0 saturated carbocycles. The number of carbonyl (C=O) groups is 2. The lowest BCUT2D eigenvalue weighted by Gasteiger charge is -2.31. The van der Waals surface area contributed by atoms with Crippen molar-refractivity contribution < 1.29 is 14.7 Å². The molecule has 0 radical (unpaired) electrons. The second kappa shape index (κ2) is 11.2. The maximum absolute atomic E-state index is 13.2. The lowest BCUT2D eigenvalue weighted by molar-refractivity contribution is -0.148. The molecule has 2 N–H and O–H groups in total. The number of thiophene rings is 1. The first kappa shape index (κ1) is 25.9. The van der Waals surface area contributed by atoms with Gasteiger partial charge in [-0.2, -0.15) is 0 Å². The second-order valence-corrected chi connectivity index (χ2v) is 10.6. The van der Waals surface area contributed by atoms with Crippen LogP contribution in [0, 0.1) is 5.41 Å². The SMILES string of the molecule is CCCC[C@H](NC(=O)c1ccc2c(c1)nc(Cc1cccs1)n2C(CC)CC)C(C)(C)C(=O)O. The van der Waals surface area contributed by atoms with Crippen molar-refractivity contribution in [2.75, 3.05) is 0 Å². The van der Waals surface area contributed by atoms with Crippen LogP contribution in [0.2, 0.25) is 0 Å². The molecule has 6 nitrogen and oxygen atoms in total. The summed E-state index contributed by atoms with van der Waals surface area (Å²) in [6, 6.07) is 9.72. The summed E-state index contributed by atoms with van der Waals surface area (Å²) in [5.41, 5.74) is 1.28. The van der Waals surface area contributed by atoms with E-state index in [1.54, 1.807) is 25.2 Å². The Hall–Kier alpha value is -2.67. The number of aliphatic carboxylic acids is 1. The second-order valence-electron chi connectivity index (χ2n) is 9.52. The molecule has 2 heterocycles. The first-order valence-corrected chi connectivity index (χ1v) is 13.2. The summed E-state index contributed by atoms with van der Waals surface area (Å²) in [5, 5.41) is 14.8. The van der Waals surface area contributed by atoms with Gasteiger partial charge in [-0.05, 0) is 62.8 Å². The maximum atomic E-state index is 13.2. The Morgan fingerprint density at radius 3 is 2.50 bits per heavy atom. The van der Waals surface area contributed by atoms with E-state index >= 15 is 0 Å². The molecule has 0 spiro atoms. The zero-order chi connectivity index (χ0) is 24.9. The van der Waals surface area contributed by atoms with Crippen molar-refractivity contribution in [3.8, 4) is 0 Å². The Labute approximate surface area is 206 Å². The highest BCUT2D eigenvalue weighted by Crippen LogP contribution is 2.29. The zero-order valence-electron chi connectivity index (χ0n) is 20.9. The van der Waals surface area contributed by atoms with Crippen molar-refractivity contribution in [3.63, 3.8) is 0 Å². The highest BCUT2D eigenvalue weighted by molar-refractivity contribution is 7.09. The molecule has 0 aliphatic heterocycles. The van der Waals surface area contributed by atoms with Crippen LogP contribution in [0.3, 0.4) is 0 Å². The topological polar surface area (TPSA) is 84.2 Å². The normalized spacial score (nSPS) is 12.9. The predicted octanol–water partition coefficient (Wildman–Crippen LogP) is 6.45. The number of nitrogens with one attached hydrogen (secondary N) is 1. The Morgan fingerprint density at radius 2 is 1.91 bits per heavy atom. The van der Waals surface area contributed by atoms with Crippen LogP contribution in [0.5, 0.6) is 0 Å². The minimum atomic E-state index is -1.06. The molecule has 1 aromatic carbocycles. The summed E-state index contributed by atoms with van der Waals surface area (Å²) >= 11 is 1.72. The van der Waals surface area contributed by atoms with Crippen molar-refractivity contribution in [2.45, 2.75) is 85.2 Å². The number of amides is 1. The third kappa shape index (κ3) is 5.52. The molecular formula is C27H37N3O3S. The number of aromatic nitrogens is 2. The summed E-state index contributed by atoms with van der Waals surface area (Å²) in [4.78, 5) is 31.2.